The largest absolute Gasteiger partial charge is 0.340 e. The first kappa shape index (κ1) is 13.6. The van der Waals surface area contributed by atoms with Crippen LogP contribution in [0.3, 0.4) is 0 Å². The molecule has 0 spiro atoms. The Morgan fingerprint density at radius 3 is 3.11 bits per heavy atom. The van der Waals surface area contributed by atoms with Crippen molar-refractivity contribution in [3.05, 3.63) is 22.4 Å². The Bertz CT molecular complexity index is 375. The van der Waals surface area contributed by atoms with Crippen LogP contribution < -0.4 is 5.32 Å². The molecular weight excluding hydrogens is 244 g/mol. The smallest absolute Gasteiger partial charge is 0.227 e. The molecule has 4 heteroatoms. The Labute approximate surface area is 113 Å². The third-order valence-corrected chi connectivity index (χ3v) is 4.15. The second-order valence-corrected chi connectivity index (χ2v) is 6.41. The zero-order valence-corrected chi connectivity index (χ0v) is 12.0. The van der Waals surface area contributed by atoms with Gasteiger partial charge < -0.3 is 10.2 Å². The molecule has 0 saturated carbocycles. The minimum absolute atomic E-state index is 0.271. The highest BCUT2D eigenvalue weighted by atomic mass is 32.1. The number of nitrogens with one attached hydrogen (secondary N) is 1. The number of nitrogens with zero attached hydrogens (tertiary/aromatic N) is 1. The molecule has 2 heterocycles. The van der Waals surface area contributed by atoms with Crippen molar-refractivity contribution in [3.8, 4) is 0 Å². The van der Waals surface area contributed by atoms with Crippen LogP contribution in [0.25, 0.3) is 0 Å². The van der Waals surface area contributed by atoms with Crippen molar-refractivity contribution in [3.63, 3.8) is 0 Å². The van der Waals surface area contributed by atoms with Gasteiger partial charge in [0.25, 0.3) is 0 Å². The molecule has 1 aliphatic rings. The molecule has 1 N–H and O–H groups in total. The highest BCUT2D eigenvalue weighted by Gasteiger charge is 2.23. The monoisotopic (exact) mass is 266 g/mol. The summed E-state index contributed by atoms with van der Waals surface area (Å²) in [5.41, 5.74) is 0. The second-order valence-electron chi connectivity index (χ2n) is 5.38. The Hall–Kier alpha value is -0.870. The van der Waals surface area contributed by atoms with Crippen LogP contribution in [0, 0.1) is 5.92 Å². The van der Waals surface area contributed by atoms with Gasteiger partial charge in [-0.1, -0.05) is 19.9 Å². The van der Waals surface area contributed by atoms with E-state index in [0.717, 1.165) is 26.1 Å². The molecule has 1 aliphatic heterocycles. The first-order valence-electron chi connectivity index (χ1n) is 6.68. The van der Waals surface area contributed by atoms with Gasteiger partial charge in [-0.25, -0.2) is 0 Å². The predicted molar refractivity (Wildman–Crippen MR) is 75.8 cm³/mol. The van der Waals surface area contributed by atoms with Crippen LogP contribution in [0.5, 0.6) is 0 Å². The number of carbonyl (C=O) groups is 1. The number of piperazine rings is 1. The lowest BCUT2D eigenvalue weighted by Crippen LogP contribution is -2.53. The van der Waals surface area contributed by atoms with Crippen LogP contribution in [0.2, 0.25) is 0 Å². The maximum Gasteiger partial charge on any atom is 0.227 e. The van der Waals surface area contributed by atoms with E-state index in [1.54, 1.807) is 11.3 Å². The van der Waals surface area contributed by atoms with Crippen molar-refractivity contribution in [2.45, 2.75) is 32.7 Å². The minimum atomic E-state index is 0.271. The molecule has 18 heavy (non-hydrogen) atoms. The summed E-state index contributed by atoms with van der Waals surface area (Å²) in [5.74, 6) is 0.947. The molecule has 1 fully saturated rings. The van der Waals surface area contributed by atoms with Gasteiger partial charge in [0.05, 0.1) is 6.42 Å². The second kappa shape index (κ2) is 6.34. The summed E-state index contributed by atoms with van der Waals surface area (Å²) < 4.78 is 0. The fraction of sp³-hybridized carbons (Fsp3) is 0.643. The Kier molecular flexibility index (Phi) is 4.78. The van der Waals surface area contributed by atoms with Gasteiger partial charge in [-0.05, 0) is 23.8 Å². The maximum absolute atomic E-state index is 12.2. The maximum atomic E-state index is 12.2. The Balaban J connectivity index is 1.86. The quantitative estimate of drug-likeness (QED) is 0.905. The number of rotatable bonds is 4. The minimum Gasteiger partial charge on any atom is -0.340 e. The summed E-state index contributed by atoms with van der Waals surface area (Å²) in [4.78, 5) is 15.4. The zero-order chi connectivity index (χ0) is 13.0. The summed E-state index contributed by atoms with van der Waals surface area (Å²) in [5, 5.41) is 5.53. The molecule has 1 atom stereocenters. The van der Waals surface area contributed by atoms with Crippen LogP contribution in [0.15, 0.2) is 17.5 Å². The third kappa shape index (κ3) is 3.82. The first-order chi connectivity index (χ1) is 8.65. The van der Waals surface area contributed by atoms with E-state index in [0.29, 0.717) is 18.4 Å². The van der Waals surface area contributed by atoms with E-state index < -0.39 is 0 Å². The van der Waals surface area contributed by atoms with Gasteiger partial charge in [-0.3, -0.25) is 4.79 Å². The van der Waals surface area contributed by atoms with Gasteiger partial charge in [0.15, 0.2) is 0 Å². The molecule has 1 amide bonds. The molecule has 100 valence electrons. The van der Waals surface area contributed by atoms with E-state index in [1.165, 1.54) is 4.88 Å². The fourth-order valence-electron chi connectivity index (χ4n) is 2.45. The Morgan fingerprint density at radius 2 is 2.44 bits per heavy atom. The molecule has 0 bridgehead atoms. The van der Waals surface area contributed by atoms with Gasteiger partial charge in [-0.2, -0.15) is 0 Å². The van der Waals surface area contributed by atoms with Crippen molar-refractivity contribution in [1.82, 2.24) is 10.2 Å². The van der Waals surface area contributed by atoms with E-state index in [2.05, 4.69) is 19.2 Å². The van der Waals surface area contributed by atoms with Gasteiger partial charge in [0.2, 0.25) is 5.91 Å². The summed E-state index contributed by atoms with van der Waals surface area (Å²) in [6.07, 6.45) is 1.70. The molecule has 0 radical (unpaired) electrons. The molecule has 3 nitrogen and oxygen atoms in total. The first-order valence-corrected chi connectivity index (χ1v) is 7.56. The van der Waals surface area contributed by atoms with Gasteiger partial charge in [-0.15, -0.1) is 11.3 Å². The van der Waals surface area contributed by atoms with Crippen LogP contribution in [0.1, 0.15) is 25.1 Å². The summed E-state index contributed by atoms with van der Waals surface area (Å²) in [6.45, 7) is 7.09. The van der Waals surface area contributed by atoms with Crippen molar-refractivity contribution in [1.29, 1.82) is 0 Å². The van der Waals surface area contributed by atoms with Gasteiger partial charge >= 0.3 is 0 Å². The lowest BCUT2D eigenvalue weighted by Gasteiger charge is -2.34. The highest BCUT2D eigenvalue weighted by Crippen LogP contribution is 2.13. The average Bonchev–Trinajstić information content (AvgIpc) is 2.81. The number of hydrogen-bond donors (Lipinski definition) is 1. The van der Waals surface area contributed by atoms with Crippen molar-refractivity contribution < 1.29 is 4.79 Å². The topological polar surface area (TPSA) is 32.3 Å². The summed E-state index contributed by atoms with van der Waals surface area (Å²) in [6, 6.07) is 4.51. The molecule has 1 aromatic rings. The van der Waals surface area contributed by atoms with Gasteiger partial charge in [0, 0.05) is 30.6 Å². The van der Waals surface area contributed by atoms with E-state index in [1.807, 2.05) is 22.4 Å². The number of hydrogen-bond acceptors (Lipinski definition) is 3. The predicted octanol–water partition coefficient (Wildman–Crippen LogP) is 2.14. The van der Waals surface area contributed by atoms with E-state index >= 15 is 0 Å². The van der Waals surface area contributed by atoms with E-state index in [9.17, 15) is 4.79 Å². The SMILES string of the molecule is CC(C)CC1CN(C(=O)Cc2cccs2)CCN1. The van der Waals surface area contributed by atoms with E-state index in [4.69, 9.17) is 0 Å². The fourth-order valence-corrected chi connectivity index (χ4v) is 3.15. The normalized spacial score (nSPS) is 20.4. The van der Waals surface area contributed by atoms with Crippen LogP contribution in [-0.4, -0.2) is 36.5 Å². The molecule has 1 unspecified atom stereocenters. The highest BCUT2D eigenvalue weighted by molar-refractivity contribution is 7.10. The number of thiophene rings is 1. The molecule has 0 aromatic carbocycles. The molecular formula is C14H22N2OS. The zero-order valence-electron chi connectivity index (χ0n) is 11.2. The Morgan fingerprint density at radius 1 is 1.61 bits per heavy atom. The molecule has 1 saturated heterocycles. The molecule has 2 rings (SSSR count). The van der Waals surface area contributed by atoms with Crippen LogP contribution in [0.4, 0.5) is 0 Å². The lowest BCUT2D eigenvalue weighted by atomic mass is 10.0. The van der Waals surface area contributed by atoms with Crippen molar-refractivity contribution in [2.24, 2.45) is 5.92 Å². The van der Waals surface area contributed by atoms with Crippen molar-refractivity contribution in [2.75, 3.05) is 19.6 Å². The molecule has 1 aromatic heterocycles. The van der Waals surface area contributed by atoms with Crippen molar-refractivity contribution >= 4 is 17.2 Å². The van der Waals surface area contributed by atoms with E-state index in [-0.39, 0.29) is 5.91 Å². The third-order valence-electron chi connectivity index (χ3n) is 3.27. The van der Waals surface area contributed by atoms with Crippen LogP contribution in [-0.2, 0) is 11.2 Å². The van der Waals surface area contributed by atoms with Crippen LogP contribution >= 0.6 is 11.3 Å². The standard InChI is InChI=1S/C14H22N2OS/c1-11(2)8-12-10-16(6-5-15-12)14(17)9-13-4-3-7-18-13/h3-4,7,11-12,15H,5-6,8-10H2,1-2H3. The van der Waals surface area contributed by atoms with Gasteiger partial charge in [0.1, 0.15) is 0 Å². The lowest BCUT2D eigenvalue weighted by molar-refractivity contribution is -0.131. The molecule has 0 aliphatic carbocycles. The number of amides is 1. The average molecular weight is 266 g/mol. The number of carbonyl (C=O) groups excluding carboxylic acids is 1. The summed E-state index contributed by atoms with van der Waals surface area (Å²) in [7, 11) is 0. The summed E-state index contributed by atoms with van der Waals surface area (Å²) >= 11 is 1.66.